The molecule has 0 spiro atoms. The van der Waals surface area contributed by atoms with E-state index in [9.17, 15) is 4.79 Å². The van der Waals surface area contributed by atoms with Crippen molar-refractivity contribution in [1.29, 1.82) is 0 Å². The molecular formula is C18H12O. The van der Waals surface area contributed by atoms with E-state index in [1.165, 1.54) is 11.1 Å². The van der Waals surface area contributed by atoms with Gasteiger partial charge in [-0.25, -0.2) is 0 Å². The molecular weight excluding hydrogens is 232 g/mol. The topological polar surface area (TPSA) is 17.1 Å². The second-order valence-corrected chi connectivity index (χ2v) is 5.04. The second kappa shape index (κ2) is 3.79. The van der Waals surface area contributed by atoms with E-state index in [0.717, 1.165) is 16.0 Å². The Morgan fingerprint density at radius 3 is 2.84 bits per heavy atom. The number of hydrogen-bond acceptors (Lipinski definition) is 1. The zero-order chi connectivity index (χ0) is 12.8. The first-order valence-electron chi connectivity index (χ1n) is 6.46. The maximum absolute atomic E-state index is 11.9. The summed E-state index contributed by atoms with van der Waals surface area (Å²) in [6.45, 7) is 0. The molecule has 0 saturated heterocycles. The van der Waals surface area contributed by atoms with Gasteiger partial charge in [0.05, 0.1) is 0 Å². The maximum atomic E-state index is 11.9. The van der Waals surface area contributed by atoms with Crippen LogP contribution in [-0.4, -0.2) is 5.78 Å². The van der Waals surface area contributed by atoms with Gasteiger partial charge in [-0.3, -0.25) is 4.79 Å². The molecule has 0 aromatic heterocycles. The number of benzene rings is 1. The SMILES string of the molecule is O=C1C=CC=c2cc3c(cc21)=CC1C=CC=CC1=C3. The lowest BCUT2D eigenvalue weighted by Gasteiger charge is -2.18. The molecule has 1 heteroatoms. The van der Waals surface area contributed by atoms with Crippen LogP contribution in [0.5, 0.6) is 0 Å². The Bertz CT molecular complexity index is 829. The Kier molecular flexibility index (Phi) is 2.10. The van der Waals surface area contributed by atoms with Crippen molar-refractivity contribution < 1.29 is 4.79 Å². The fourth-order valence-electron chi connectivity index (χ4n) is 2.84. The first-order valence-corrected chi connectivity index (χ1v) is 6.46. The summed E-state index contributed by atoms with van der Waals surface area (Å²) < 4.78 is 0. The van der Waals surface area contributed by atoms with Crippen molar-refractivity contribution in [2.75, 3.05) is 0 Å². The summed E-state index contributed by atoms with van der Waals surface area (Å²) in [4.78, 5) is 11.9. The van der Waals surface area contributed by atoms with Crippen molar-refractivity contribution in [2.45, 2.75) is 0 Å². The number of rotatable bonds is 0. The third kappa shape index (κ3) is 1.59. The molecule has 1 atom stereocenters. The fourth-order valence-corrected chi connectivity index (χ4v) is 2.84. The molecule has 0 radical (unpaired) electrons. The largest absolute Gasteiger partial charge is 0.289 e. The Labute approximate surface area is 111 Å². The molecule has 90 valence electrons. The summed E-state index contributed by atoms with van der Waals surface area (Å²) in [7, 11) is 0. The van der Waals surface area contributed by atoms with E-state index < -0.39 is 0 Å². The smallest absolute Gasteiger partial charge is 0.186 e. The van der Waals surface area contributed by atoms with Crippen LogP contribution in [0, 0.1) is 5.92 Å². The normalized spacial score (nSPS) is 21.8. The number of fused-ring (bicyclic) bond motifs is 3. The molecule has 1 nitrogen and oxygen atoms in total. The molecule has 19 heavy (non-hydrogen) atoms. The summed E-state index contributed by atoms with van der Waals surface area (Å²) in [6, 6.07) is 4.13. The molecule has 0 bridgehead atoms. The lowest BCUT2D eigenvalue weighted by molar-refractivity contribution is 0.104. The standard InChI is InChI=1S/C18H12O/c19-18-7-3-6-14-10-15-8-12-4-1-2-5-13(12)9-16(15)11-17(14)18/h1-11,13H. The van der Waals surface area contributed by atoms with E-state index in [1.54, 1.807) is 6.08 Å². The lowest BCUT2D eigenvalue weighted by atomic mass is 9.86. The highest BCUT2D eigenvalue weighted by Crippen LogP contribution is 2.25. The summed E-state index contributed by atoms with van der Waals surface area (Å²) >= 11 is 0. The van der Waals surface area contributed by atoms with Gasteiger partial charge in [0.1, 0.15) is 0 Å². The Hall–Kier alpha value is -2.41. The minimum Gasteiger partial charge on any atom is -0.289 e. The number of carbonyl (C=O) groups excluding carboxylic acids is 1. The van der Waals surface area contributed by atoms with Crippen LogP contribution in [-0.2, 0) is 0 Å². The van der Waals surface area contributed by atoms with E-state index in [4.69, 9.17) is 0 Å². The summed E-state index contributed by atoms with van der Waals surface area (Å²) in [5, 5.41) is 2.18. The molecule has 1 aromatic rings. The maximum Gasteiger partial charge on any atom is 0.186 e. The number of allylic oxidation sites excluding steroid dienone is 7. The highest BCUT2D eigenvalue weighted by Gasteiger charge is 2.15. The first-order chi connectivity index (χ1) is 9.31. The number of carbonyl (C=O) groups is 1. The number of ketones is 1. The molecule has 3 aliphatic carbocycles. The molecule has 0 heterocycles. The van der Waals surface area contributed by atoms with Gasteiger partial charge in [0.25, 0.3) is 0 Å². The van der Waals surface area contributed by atoms with Crippen LogP contribution in [0.2, 0.25) is 0 Å². The zero-order valence-corrected chi connectivity index (χ0v) is 10.3. The van der Waals surface area contributed by atoms with Gasteiger partial charge < -0.3 is 0 Å². The van der Waals surface area contributed by atoms with Crippen molar-refractivity contribution in [3.63, 3.8) is 0 Å². The van der Waals surface area contributed by atoms with Gasteiger partial charge in [0, 0.05) is 11.5 Å². The Balaban J connectivity index is 2.01. The van der Waals surface area contributed by atoms with Gasteiger partial charge in [0.15, 0.2) is 5.78 Å². The molecule has 0 aliphatic heterocycles. The average Bonchev–Trinajstić information content (AvgIpc) is 2.44. The predicted molar refractivity (Wildman–Crippen MR) is 77.8 cm³/mol. The van der Waals surface area contributed by atoms with E-state index in [1.807, 2.05) is 18.2 Å². The third-order valence-corrected chi connectivity index (χ3v) is 3.83. The highest BCUT2D eigenvalue weighted by molar-refractivity contribution is 6.07. The van der Waals surface area contributed by atoms with E-state index in [0.29, 0.717) is 5.92 Å². The summed E-state index contributed by atoms with van der Waals surface area (Å²) in [6.07, 6.45) is 18.4. The average molecular weight is 244 g/mol. The van der Waals surface area contributed by atoms with Crippen molar-refractivity contribution >= 4 is 24.0 Å². The van der Waals surface area contributed by atoms with Gasteiger partial charge in [-0.15, -0.1) is 0 Å². The van der Waals surface area contributed by atoms with Gasteiger partial charge in [0.2, 0.25) is 0 Å². The molecule has 1 unspecified atom stereocenters. The fraction of sp³-hybridized carbons (Fsp3) is 0.0556. The van der Waals surface area contributed by atoms with Crippen LogP contribution in [0.4, 0.5) is 0 Å². The molecule has 1 aromatic carbocycles. The van der Waals surface area contributed by atoms with Crippen LogP contribution < -0.4 is 10.4 Å². The van der Waals surface area contributed by atoms with Gasteiger partial charge in [-0.05, 0) is 39.8 Å². The minimum absolute atomic E-state index is 0.0996. The Morgan fingerprint density at radius 1 is 0.947 bits per heavy atom. The molecule has 4 rings (SSSR count). The molecule has 0 saturated carbocycles. The molecule has 0 fully saturated rings. The highest BCUT2D eigenvalue weighted by atomic mass is 16.1. The summed E-state index contributed by atoms with van der Waals surface area (Å²) in [5.41, 5.74) is 3.32. The van der Waals surface area contributed by atoms with Crippen LogP contribution in [0.1, 0.15) is 15.9 Å². The van der Waals surface area contributed by atoms with Crippen LogP contribution in [0.15, 0.2) is 54.2 Å². The number of hydrogen-bond donors (Lipinski definition) is 0. The zero-order valence-electron chi connectivity index (χ0n) is 10.3. The second-order valence-electron chi connectivity index (χ2n) is 5.04. The van der Waals surface area contributed by atoms with Crippen LogP contribution >= 0.6 is 0 Å². The third-order valence-electron chi connectivity index (χ3n) is 3.83. The Morgan fingerprint density at radius 2 is 1.89 bits per heavy atom. The lowest BCUT2D eigenvalue weighted by Crippen LogP contribution is -2.25. The van der Waals surface area contributed by atoms with Gasteiger partial charge in [-0.2, -0.15) is 0 Å². The van der Waals surface area contributed by atoms with Gasteiger partial charge in [-0.1, -0.05) is 48.6 Å². The van der Waals surface area contributed by atoms with E-state index in [2.05, 4.69) is 42.5 Å². The van der Waals surface area contributed by atoms with E-state index in [-0.39, 0.29) is 5.78 Å². The van der Waals surface area contributed by atoms with Crippen LogP contribution in [0.25, 0.3) is 18.2 Å². The van der Waals surface area contributed by atoms with Crippen molar-refractivity contribution in [3.05, 3.63) is 75.7 Å². The molecule has 0 amide bonds. The van der Waals surface area contributed by atoms with Crippen LogP contribution in [0.3, 0.4) is 0 Å². The first kappa shape index (κ1) is 10.5. The van der Waals surface area contributed by atoms with E-state index >= 15 is 0 Å². The summed E-state index contributed by atoms with van der Waals surface area (Å²) in [5.74, 6) is 0.441. The molecule has 0 N–H and O–H groups in total. The predicted octanol–water partition coefficient (Wildman–Crippen LogP) is 2.14. The van der Waals surface area contributed by atoms with Crippen molar-refractivity contribution in [3.8, 4) is 0 Å². The van der Waals surface area contributed by atoms with Gasteiger partial charge >= 0.3 is 0 Å². The van der Waals surface area contributed by atoms with Crippen molar-refractivity contribution in [2.24, 2.45) is 5.92 Å². The van der Waals surface area contributed by atoms with Crippen molar-refractivity contribution in [1.82, 2.24) is 0 Å². The quantitative estimate of drug-likeness (QED) is 0.683. The molecule has 3 aliphatic rings. The minimum atomic E-state index is 0.0996. The monoisotopic (exact) mass is 244 g/mol.